The summed E-state index contributed by atoms with van der Waals surface area (Å²) in [6.07, 6.45) is 3.66. The molecule has 1 N–H and O–H groups in total. The molecule has 0 unspecified atom stereocenters. The number of carbonyl (C=O) groups excluding carboxylic acids is 1. The summed E-state index contributed by atoms with van der Waals surface area (Å²) in [6, 6.07) is 0. The van der Waals surface area contributed by atoms with Gasteiger partial charge in [0.05, 0.1) is 0 Å². The van der Waals surface area contributed by atoms with Crippen LogP contribution in [0.1, 0.15) is 33.1 Å². The fraction of sp³-hybridized carbons (Fsp3) is 0.778. The van der Waals surface area contributed by atoms with Gasteiger partial charge in [-0.05, 0) is 26.7 Å². The molecule has 0 saturated heterocycles. The maximum atomic E-state index is 11.3. The Morgan fingerprint density at radius 3 is 2.50 bits per heavy atom. The predicted molar refractivity (Wildman–Crippen MR) is 47.0 cm³/mol. The smallest absolute Gasteiger partial charge is 0.252 e. The lowest BCUT2D eigenvalue weighted by molar-refractivity contribution is -0.122. The summed E-state index contributed by atoms with van der Waals surface area (Å²) in [5, 5.41) is 2.86. The Morgan fingerprint density at radius 2 is 2.17 bits per heavy atom. The van der Waals surface area contributed by atoms with Crippen molar-refractivity contribution < 1.29 is 4.79 Å². The summed E-state index contributed by atoms with van der Waals surface area (Å²) in [4.78, 5) is 15.7. The summed E-state index contributed by atoms with van der Waals surface area (Å²) in [6.45, 7) is 3.71. The molecule has 3 heteroatoms. The van der Waals surface area contributed by atoms with Gasteiger partial charge >= 0.3 is 0 Å². The van der Waals surface area contributed by atoms with E-state index in [1.54, 1.807) is 0 Å². The Kier molecular flexibility index (Phi) is 1.50. The Hall–Kier alpha value is -0.860. The Labute approximate surface area is 72.3 Å². The standard InChI is InChI=1S/C9H14N2O/c1-9(2)8(12)10-7(11-9)6-4-3-5-6/h6H,3-5H2,1-2H3,(H,10,11,12). The Bertz CT molecular complexity index is 251. The van der Waals surface area contributed by atoms with Crippen molar-refractivity contribution in [3.05, 3.63) is 0 Å². The van der Waals surface area contributed by atoms with Gasteiger partial charge in [0.25, 0.3) is 5.91 Å². The predicted octanol–water partition coefficient (Wildman–Crippen LogP) is 1.09. The van der Waals surface area contributed by atoms with Gasteiger partial charge in [-0.25, -0.2) is 0 Å². The molecule has 2 rings (SSSR count). The van der Waals surface area contributed by atoms with Crippen molar-refractivity contribution in [1.29, 1.82) is 0 Å². The molecule has 1 fully saturated rings. The van der Waals surface area contributed by atoms with Gasteiger partial charge in [0.1, 0.15) is 11.4 Å². The Morgan fingerprint density at radius 1 is 1.50 bits per heavy atom. The molecular formula is C9H14N2O. The largest absolute Gasteiger partial charge is 0.312 e. The molecule has 1 aliphatic carbocycles. The van der Waals surface area contributed by atoms with Crippen LogP contribution < -0.4 is 5.32 Å². The van der Waals surface area contributed by atoms with Crippen molar-refractivity contribution in [3.8, 4) is 0 Å². The molecule has 0 radical (unpaired) electrons. The number of nitrogens with one attached hydrogen (secondary N) is 1. The van der Waals surface area contributed by atoms with Gasteiger partial charge in [-0.2, -0.15) is 0 Å². The highest BCUT2D eigenvalue weighted by molar-refractivity contribution is 6.08. The minimum atomic E-state index is -0.523. The van der Waals surface area contributed by atoms with Crippen LogP contribution in [0.3, 0.4) is 0 Å². The summed E-state index contributed by atoms with van der Waals surface area (Å²) in [7, 11) is 0. The van der Waals surface area contributed by atoms with Crippen molar-refractivity contribution >= 4 is 11.7 Å². The highest BCUT2D eigenvalue weighted by Crippen LogP contribution is 2.30. The monoisotopic (exact) mass is 166 g/mol. The number of amidine groups is 1. The fourth-order valence-electron chi connectivity index (χ4n) is 1.52. The molecule has 12 heavy (non-hydrogen) atoms. The second-order valence-corrected chi connectivity index (χ2v) is 4.14. The molecule has 1 aliphatic heterocycles. The highest BCUT2D eigenvalue weighted by atomic mass is 16.2. The van der Waals surface area contributed by atoms with E-state index in [-0.39, 0.29) is 5.91 Å². The first kappa shape index (κ1) is 7.77. The number of aliphatic imine (C=N–C) groups is 1. The molecule has 3 nitrogen and oxygen atoms in total. The number of rotatable bonds is 1. The van der Waals surface area contributed by atoms with Crippen LogP contribution in [0.25, 0.3) is 0 Å². The van der Waals surface area contributed by atoms with Gasteiger partial charge in [0.2, 0.25) is 0 Å². The number of hydrogen-bond donors (Lipinski definition) is 1. The first-order chi connectivity index (χ1) is 5.59. The lowest BCUT2D eigenvalue weighted by Gasteiger charge is -2.24. The maximum absolute atomic E-state index is 11.3. The van der Waals surface area contributed by atoms with Crippen LogP contribution in [0, 0.1) is 5.92 Å². The third kappa shape index (κ3) is 1.04. The van der Waals surface area contributed by atoms with Gasteiger partial charge in [0.15, 0.2) is 0 Å². The van der Waals surface area contributed by atoms with Crippen LogP contribution in [-0.2, 0) is 4.79 Å². The molecule has 0 atom stereocenters. The van der Waals surface area contributed by atoms with Crippen LogP contribution in [0.2, 0.25) is 0 Å². The van der Waals surface area contributed by atoms with Crippen LogP contribution in [0.5, 0.6) is 0 Å². The van der Waals surface area contributed by atoms with E-state index in [0.29, 0.717) is 5.92 Å². The topological polar surface area (TPSA) is 41.5 Å². The van der Waals surface area contributed by atoms with Crippen LogP contribution in [0.4, 0.5) is 0 Å². The van der Waals surface area contributed by atoms with E-state index >= 15 is 0 Å². The third-order valence-electron chi connectivity index (χ3n) is 2.69. The van der Waals surface area contributed by atoms with E-state index in [2.05, 4.69) is 10.3 Å². The molecule has 0 aromatic rings. The van der Waals surface area contributed by atoms with E-state index < -0.39 is 5.54 Å². The molecular weight excluding hydrogens is 152 g/mol. The van der Waals surface area contributed by atoms with E-state index in [1.807, 2.05) is 13.8 Å². The molecule has 1 saturated carbocycles. The van der Waals surface area contributed by atoms with E-state index in [9.17, 15) is 4.79 Å². The van der Waals surface area contributed by atoms with Crippen LogP contribution >= 0.6 is 0 Å². The number of carbonyl (C=O) groups is 1. The van der Waals surface area contributed by atoms with Crippen molar-refractivity contribution in [2.24, 2.45) is 10.9 Å². The third-order valence-corrected chi connectivity index (χ3v) is 2.69. The van der Waals surface area contributed by atoms with E-state index in [1.165, 1.54) is 19.3 Å². The van der Waals surface area contributed by atoms with Gasteiger partial charge < -0.3 is 5.32 Å². The van der Waals surface area contributed by atoms with Crippen LogP contribution in [0.15, 0.2) is 4.99 Å². The van der Waals surface area contributed by atoms with Gasteiger partial charge in [0, 0.05) is 5.92 Å². The second kappa shape index (κ2) is 2.31. The average molecular weight is 166 g/mol. The molecule has 1 heterocycles. The fourth-order valence-corrected chi connectivity index (χ4v) is 1.52. The molecule has 0 spiro atoms. The van der Waals surface area contributed by atoms with Crippen molar-refractivity contribution in [1.82, 2.24) is 5.32 Å². The zero-order valence-electron chi connectivity index (χ0n) is 7.55. The second-order valence-electron chi connectivity index (χ2n) is 4.14. The lowest BCUT2D eigenvalue weighted by atomic mass is 9.84. The molecule has 0 aromatic heterocycles. The molecule has 66 valence electrons. The van der Waals surface area contributed by atoms with Gasteiger partial charge in [-0.1, -0.05) is 6.42 Å². The Balaban J connectivity index is 2.14. The highest BCUT2D eigenvalue weighted by Gasteiger charge is 2.38. The SMILES string of the molecule is CC1(C)N=C(C2CCC2)NC1=O. The van der Waals surface area contributed by atoms with Gasteiger partial charge in [-0.3, -0.25) is 9.79 Å². The first-order valence-corrected chi connectivity index (χ1v) is 4.51. The van der Waals surface area contributed by atoms with Crippen molar-refractivity contribution in [2.45, 2.75) is 38.6 Å². The normalized spacial score (nSPS) is 27.8. The minimum absolute atomic E-state index is 0.0457. The molecule has 0 bridgehead atoms. The number of hydrogen-bond acceptors (Lipinski definition) is 2. The zero-order valence-corrected chi connectivity index (χ0v) is 7.55. The molecule has 0 aromatic carbocycles. The van der Waals surface area contributed by atoms with Crippen LogP contribution in [-0.4, -0.2) is 17.3 Å². The zero-order chi connectivity index (χ0) is 8.77. The van der Waals surface area contributed by atoms with Crippen molar-refractivity contribution in [3.63, 3.8) is 0 Å². The molecule has 1 amide bonds. The summed E-state index contributed by atoms with van der Waals surface area (Å²) in [5.74, 6) is 1.51. The maximum Gasteiger partial charge on any atom is 0.252 e. The number of nitrogens with zero attached hydrogens (tertiary/aromatic N) is 1. The van der Waals surface area contributed by atoms with Crippen molar-refractivity contribution in [2.75, 3.05) is 0 Å². The van der Waals surface area contributed by atoms with E-state index in [0.717, 1.165) is 5.84 Å². The first-order valence-electron chi connectivity index (χ1n) is 4.51. The minimum Gasteiger partial charge on any atom is -0.312 e. The molecule has 2 aliphatic rings. The summed E-state index contributed by atoms with van der Waals surface area (Å²) < 4.78 is 0. The quantitative estimate of drug-likeness (QED) is 0.622. The van der Waals surface area contributed by atoms with E-state index in [4.69, 9.17) is 0 Å². The summed E-state index contributed by atoms with van der Waals surface area (Å²) >= 11 is 0. The average Bonchev–Trinajstić information content (AvgIpc) is 2.02. The summed E-state index contributed by atoms with van der Waals surface area (Å²) in [5.41, 5.74) is -0.523. The lowest BCUT2D eigenvalue weighted by Crippen LogP contribution is -2.37. The number of amides is 1. The van der Waals surface area contributed by atoms with Gasteiger partial charge in [-0.15, -0.1) is 0 Å².